The van der Waals surface area contributed by atoms with E-state index in [9.17, 15) is 4.79 Å². The number of H-pyrrole nitrogens is 1. The second-order valence-corrected chi connectivity index (χ2v) is 7.49. The standard InChI is InChI=1S/C19H23N5O/c25-19(21-13-6-7-13)14-5-2-9-20-18(14)24-10-8-16-15(11-24)17(23-22-16)12-3-1-4-12/h2,5,9,12-13H,1,3-4,6-8,10-11H2,(H,21,25)(H,22,23). The van der Waals surface area contributed by atoms with Crippen LogP contribution in [-0.2, 0) is 13.0 Å². The highest BCUT2D eigenvalue weighted by atomic mass is 16.1. The Morgan fingerprint density at radius 1 is 1.28 bits per heavy atom. The number of rotatable bonds is 4. The van der Waals surface area contributed by atoms with Gasteiger partial charge in [-0.15, -0.1) is 0 Å². The van der Waals surface area contributed by atoms with Crippen LogP contribution >= 0.6 is 0 Å². The average Bonchev–Trinajstić information content (AvgIpc) is 3.32. The van der Waals surface area contributed by atoms with Crippen molar-refractivity contribution in [1.29, 1.82) is 0 Å². The number of fused-ring (bicyclic) bond motifs is 1. The molecule has 6 nitrogen and oxygen atoms in total. The molecule has 0 unspecified atom stereocenters. The van der Waals surface area contributed by atoms with Crippen LogP contribution in [0.25, 0.3) is 0 Å². The fourth-order valence-electron chi connectivity index (χ4n) is 3.83. The van der Waals surface area contributed by atoms with Crippen molar-refractivity contribution in [2.45, 2.75) is 57.0 Å². The van der Waals surface area contributed by atoms with Crippen LogP contribution < -0.4 is 10.2 Å². The van der Waals surface area contributed by atoms with Gasteiger partial charge in [-0.3, -0.25) is 9.89 Å². The Labute approximate surface area is 147 Å². The van der Waals surface area contributed by atoms with Gasteiger partial charge in [0, 0.05) is 48.9 Å². The topological polar surface area (TPSA) is 73.9 Å². The van der Waals surface area contributed by atoms with Gasteiger partial charge < -0.3 is 10.2 Å². The van der Waals surface area contributed by atoms with Crippen LogP contribution in [0.1, 0.15) is 65.3 Å². The first-order chi connectivity index (χ1) is 12.3. The van der Waals surface area contributed by atoms with Gasteiger partial charge in [0.25, 0.3) is 5.91 Å². The van der Waals surface area contributed by atoms with Gasteiger partial charge in [0.05, 0.1) is 11.3 Å². The summed E-state index contributed by atoms with van der Waals surface area (Å²) in [5.41, 5.74) is 4.52. The molecule has 25 heavy (non-hydrogen) atoms. The lowest BCUT2D eigenvalue weighted by Crippen LogP contribution is -2.34. The highest BCUT2D eigenvalue weighted by molar-refractivity contribution is 5.99. The molecule has 0 saturated heterocycles. The third kappa shape index (κ3) is 2.69. The van der Waals surface area contributed by atoms with Gasteiger partial charge >= 0.3 is 0 Å². The lowest BCUT2D eigenvalue weighted by molar-refractivity contribution is 0.0951. The van der Waals surface area contributed by atoms with Crippen molar-refractivity contribution in [2.24, 2.45) is 0 Å². The van der Waals surface area contributed by atoms with Gasteiger partial charge in [0.2, 0.25) is 0 Å². The van der Waals surface area contributed by atoms with E-state index in [2.05, 4.69) is 25.4 Å². The molecular formula is C19H23N5O. The van der Waals surface area contributed by atoms with E-state index in [0.717, 1.165) is 38.2 Å². The van der Waals surface area contributed by atoms with Crippen LogP contribution in [0.2, 0.25) is 0 Å². The first-order valence-corrected chi connectivity index (χ1v) is 9.36. The molecule has 0 spiro atoms. The van der Waals surface area contributed by atoms with Crippen molar-refractivity contribution < 1.29 is 4.79 Å². The molecule has 2 aromatic heterocycles. The zero-order valence-electron chi connectivity index (χ0n) is 14.3. The molecule has 0 bridgehead atoms. The molecule has 1 amide bonds. The Bertz CT molecular complexity index is 806. The van der Waals surface area contributed by atoms with Gasteiger partial charge in [-0.05, 0) is 37.8 Å². The number of hydrogen-bond acceptors (Lipinski definition) is 4. The molecule has 0 aromatic carbocycles. The second kappa shape index (κ2) is 5.86. The molecule has 3 heterocycles. The molecule has 1 aliphatic heterocycles. The Balaban J connectivity index is 1.43. The van der Waals surface area contributed by atoms with Crippen molar-refractivity contribution in [3.63, 3.8) is 0 Å². The summed E-state index contributed by atoms with van der Waals surface area (Å²) in [5, 5.41) is 10.9. The maximum Gasteiger partial charge on any atom is 0.255 e. The number of nitrogens with zero attached hydrogens (tertiary/aromatic N) is 3. The minimum atomic E-state index is 0.00260. The summed E-state index contributed by atoms with van der Waals surface area (Å²) < 4.78 is 0. The predicted molar refractivity (Wildman–Crippen MR) is 94.7 cm³/mol. The fraction of sp³-hybridized carbons (Fsp3) is 0.526. The lowest BCUT2D eigenvalue weighted by atomic mass is 9.81. The molecule has 2 N–H and O–H groups in total. The number of pyridine rings is 1. The van der Waals surface area contributed by atoms with E-state index in [0.29, 0.717) is 17.5 Å². The van der Waals surface area contributed by atoms with Gasteiger partial charge in [-0.25, -0.2) is 4.98 Å². The summed E-state index contributed by atoms with van der Waals surface area (Å²) in [6.07, 6.45) is 8.69. The molecule has 0 radical (unpaired) electrons. The number of anilines is 1. The lowest BCUT2D eigenvalue weighted by Gasteiger charge is -2.31. The number of nitrogens with one attached hydrogen (secondary N) is 2. The zero-order chi connectivity index (χ0) is 16.8. The summed E-state index contributed by atoms with van der Waals surface area (Å²) in [5.74, 6) is 1.41. The van der Waals surface area contributed by atoms with E-state index < -0.39 is 0 Å². The van der Waals surface area contributed by atoms with Crippen LogP contribution in [0, 0.1) is 0 Å². The Morgan fingerprint density at radius 2 is 2.16 bits per heavy atom. The van der Waals surface area contributed by atoms with Crippen molar-refractivity contribution in [1.82, 2.24) is 20.5 Å². The summed E-state index contributed by atoms with van der Waals surface area (Å²) in [6.45, 7) is 1.65. The van der Waals surface area contributed by atoms with Crippen LogP contribution in [0.5, 0.6) is 0 Å². The van der Waals surface area contributed by atoms with Gasteiger partial charge in [0.1, 0.15) is 5.82 Å². The van der Waals surface area contributed by atoms with Crippen molar-refractivity contribution >= 4 is 11.7 Å². The van der Waals surface area contributed by atoms with Crippen molar-refractivity contribution in [3.8, 4) is 0 Å². The number of aromatic amines is 1. The molecule has 2 aliphatic carbocycles. The van der Waals surface area contributed by atoms with Gasteiger partial charge in [-0.2, -0.15) is 5.10 Å². The smallest absolute Gasteiger partial charge is 0.255 e. The van der Waals surface area contributed by atoms with E-state index in [4.69, 9.17) is 0 Å². The zero-order valence-corrected chi connectivity index (χ0v) is 14.3. The third-order valence-electron chi connectivity index (χ3n) is 5.70. The second-order valence-electron chi connectivity index (χ2n) is 7.49. The highest BCUT2D eigenvalue weighted by Gasteiger charge is 2.31. The van der Waals surface area contributed by atoms with E-state index in [1.54, 1.807) is 6.20 Å². The van der Waals surface area contributed by atoms with E-state index in [1.807, 2.05) is 12.1 Å². The predicted octanol–water partition coefficient (Wildman–Crippen LogP) is 2.53. The summed E-state index contributed by atoms with van der Waals surface area (Å²) in [4.78, 5) is 19.4. The summed E-state index contributed by atoms with van der Waals surface area (Å²) in [7, 11) is 0. The van der Waals surface area contributed by atoms with Crippen LogP contribution in [-0.4, -0.2) is 33.7 Å². The van der Waals surface area contributed by atoms with E-state index in [1.165, 1.54) is 36.2 Å². The normalized spacial score (nSPS) is 20.1. The van der Waals surface area contributed by atoms with Crippen LogP contribution in [0.15, 0.2) is 18.3 Å². The summed E-state index contributed by atoms with van der Waals surface area (Å²) in [6, 6.07) is 4.09. The Hall–Kier alpha value is -2.37. The molecule has 6 heteroatoms. The largest absolute Gasteiger partial charge is 0.351 e. The third-order valence-corrected chi connectivity index (χ3v) is 5.70. The Morgan fingerprint density at radius 3 is 2.92 bits per heavy atom. The molecule has 2 aromatic rings. The van der Waals surface area contributed by atoms with Gasteiger partial charge in [-0.1, -0.05) is 6.42 Å². The van der Waals surface area contributed by atoms with Crippen LogP contribution in [0.3, 0.4) is 0 Å². The molecule has 3 aliphatic rings. The molecule has 5 rings (SSSR count). The van der Waals surface area contributed by atoms with Gasteiger partial charge in [0.15, 0.2) is 0 Å². The van der Waals surface area contributed by atoms with Crippen molar-refractivity contribution in [2.75, 3.05) is 11.4 Å². The Kier molecular flexibility index (Phi) is 3.50. The maximum atomic E-state index is 12.6. The number of amides is 1. The minimum absolute atomic E-state index is 0.00260. The maximum absolute atomic E-state index is 12.6. The average molecular weight is 337 g/mol. The first-order valence-electron chi connectivity index (χ1n) is 9.36. The van der Waals surface area contributed by atoms with E-state index in [-0.39, 0.29) is 5.91 Å². The molecule has 2 saturated carbocycles. The number of carbonyl (C=O) groups is 1. The van der Waals surface area contributed by atoms with E-state index >= 15 is 0 Å². The molecule has 0 atom stereocenters. The summed E-state index contributed by atoms with van der Waals surface area (Å²) >= 11 is 0. The number of aromatic nitrogens is 3. The first kappa shape index (κ1) is 14.9. The molecule has 130 valence electrons. The fourth-order valence-corrected chi connectivity index (χ4v) is 3.83. The van der Waals surface area contributed by atoms with Crippen molar-refractivity contribution in [3.05, 3.63) is 40.8 Å². The number of carbonyl (C=O) groups excluding carboxylic acids is 1. The number of hydrogen-bond donors (Lipinski definition) is 2. The SMILES string of the molecule is O=C(NC1CC1)c1cccnc1N1CCc2[nH]nc(C3CCC3)c2C1. The van der Waals surface area contributed by atoms with Crippen LogP contribution in [0.4, 0.5) is 5.82 Å². The molecule has 2 fully saturated rings. The monoisotopic (exact) mass is 337 g/mol. The minimum Gasteiger partial charge on any atom is -0.351 e. The quantitative estimate of drug-likeness (QED) is 0.899. The molecular weight excluding hydrogens is 314 g/mol. The highest BCUT2D eigenvalue weighted by Crippen LogP contribution is 2.39.